The highest BCUT2D eigenvalue weighted by molar-refractivity contribution is 6.06. The van der Waals surface area contributed by atoms with Gasteiger partial charge in [0, 0.05) is 26.8 Å². The Morgan fingerprint density at radius 2 is 1.83 bits per heavy atom. The van der Waals surface area contributed by atoms with E-state index in [4.69, 9.17) is 4.99 Å². The molecule has 1 aromatic rings. The average Bonchev–Trinajstić information content (AvgIpc) is 3.14. The molecule has 2 atom stereocenters. The Morgan fingerprint density at radius 1 is 1.12 bits per heavy atom. The summed E-state index contributed by atoms with van der Waals surface area (Å²) in [4.78, 5) is 36.2. The van der Waals surface area contributed by atoms with Crippen LogP contribution in [0.15, 0.2) is 41.5 Å². The molecule has 3 aliphatic heterocycles. The lowest BCUT2D eigenvalue weighted by Gasteiger charge is -2.38. The molecule has 124 valence electrons. The topological polar surface area (TPSA) is 59.5 Å². The fourth-order valence-corrected chi connectivity index (χ4v) is 3.52. The monoisotopic (exact) mass is 325 g/mol. The molecule has 24 heavy (non-hydrogen) atoms. The number of urea groups is 1. The third-order valence-corrected chi connectivity index (χ3v) is 4.81. The highest BCUT2D eigenvalue weighted by atomic mass is 16.2. The Morgan fingerprint density at radius 3 is 2.50 bits per heavy atom. The van der Waals surface area contributed by atoms with E-state index in [0.29, 0.717) is 0 Å². The van der Waals surface area contributed by atoms with Crippen molar-refractivity contribution in [3.05, 3.63) is 42.1 Å². The van der Waals surface area contributed by atoms with Crippen molar-refractivity contribution in [2.75, 3.05) is 20.6 Å². The van der Waals surface area contributed by atoms with Crippen molar-refractivity contribution in [2.24, 2.45) is 4.99 Å². The summed E-state index contributed by atoms with van der Waals surface area (Å²) in [5.41, 5.74) is 2.10. The summed E-state index contributed by atoms with van der Waals surface area (Å²) in [6, 6.07) is 9.22. The predicted octanol–water partition coefficient (Wildman–Crippen LogP) is 1.21. The SMILES string of the molecule is CCN1C(c2ccccc2)=CN2C1=NC1C2C(=O)N(C)C(=O)N1C. The number of likely N-dealkylation sites (N-methyl/N-ethyl adjacent to an activating group) is 2. The number of benzene rings is 1. The number of guanidine groups is 1. The van der Waals surface area contributed by atoms with Gasteiger partial charge in [-0.25, -0.2) is 9.79 Å². The predicted molar refractivity (Wildman–Crippen MR) is 89.6 cm³/mol. The number of carbonyl (C=O) groups excluding carboxylic acids is 2. The van der Waals surface area contributed by atoms with Gasteiger partial charge in [-0.3, -0.25) is 9.69 Å². The third kappa shape index (κ3) is 1.81. The molecule has 3 heterocycles. The van der Waals surface area contributed by atoms with E-state index in [9.17, 15) is 9.59 Å². The van der Waals surface area contributed by atoms with E-state index in [0.717, 1.165) is 23.8 Å². The number of carbonyl (C=O) groups is 2. The van der Waals surface area contributed by atoms with Gasteiger partial charge in [0.2, 0.25) is 5.96 Å². The summed E-state index contributed by atoms with van der Waals surface area (Å²) in [5, 5.41) is 0. The molecule has 0 radical (unpaired) electrons. The van der Waals surface area contributed by atoms with Crippen molar-refractivity contribution < 1.29 is 9.59 Å². The van der Waals surface area contributed by atoms with E-state index in [2.05, 4.69) is 4.90 Å². The number of hydrogen-bond donors (Lipinski definition) is 0. The normalized spacial score (nSPS) is 25.8. The second kappa shape index (κ2) is 5.09. The average molecular weight is 325 g/mol. The fourth-order valence-electron chi connectivity index (χ4n) is 3.52. The number of nitrogens with zero attached hydrogens (tertiary/aromatic N) is 5. The summed E-state index contributed by atoms with van der Waals surface area (Å²) in [7, 11) is 3.21. The molecule has 0 aromatic heterocycles. The second-order valence-electron chi connectivity index (χ2n) is 6.11. The van der Waals surface area contributed by atoms with Crippen LogP contribution in [0, 0.1) is 0 Å². The first-order valence-corrected chi connectivity index (χ1v) is 8.00. The lowest BCUT2D eigenvalue weighted by atomic mass is 10.1. The number of imide groups is 1. The van der Waals surface area contributed by atoms with Crippen molar-refractivity contribution >= 4 is 23.6 Å². The number of aliphatic imine (C=N–C) groups is 1. The van der Waals surface area contributed by atoms with Gasteiger partial charge >= 0.3 is 6.03 Å². The van der Waals surface area contributed by atoms with Crippen LogP contribution in [-0.4, -0.2) is 70.3 Å². The van der Waals surface area contributed by atoms with Crippen molar-refractivity contribution in [1.82, 2.24) is 19.6 Å². The highest BCUT2D eigenvalue weighted by Gasteiger charge is 2.53. The maximum atomic E-state index is 12.7. The molecule has 0 bridgehead atoms. The van der Waals surface area contributed by atoms with Gasteiger partial charge in [-0.2, -0.15) is 0 Å². The molecule has 4 rings (SSSR count). The maximum Gasteiger partial charge on any atom is 0.328 e. The lowest BCUT2D eigenvalue weighted by Crippen LogP contribution is -2.63. The zero-order valence-electron chi connectivity index (χ0n) is 13.9. The Hall–Kier alpha value is -2.83. The van der Waals surface area contributed by atoms with Gasteiger partial charge in [-0.05, 0) is 12.5 Å². The van der Waals surface area contributed by atoms with Gasteiger partial charge in [-0.1, -0.05) is 30.3 Å². The molecule has 3 amide bonds. The minimum Gasteiger partial charge on any atom is -0.310 e. The van der Waals surface area contributed by atoms with Gasteiger partial charge in [0.1, 0.15) is 0 Å². The van der Waals surface area contributed by atoms with E-state index >= 15 is 0 Å². The molecule has 0 saturated carbocycles. The fraction of sp³-hybridized carbons (Fsp3) is 0.353. The van der Waals surface area contributed by atoms with E-state index in [1.807, 2.05) is 48.4 Å². The Kier molecular flexibility index (Phi) is 3.13. The van der Waals surface area contributed by atoms with E-state index in [1.165, 1.54) is 16.8 Å². The molecular formula is C17H19N5O2. The van der Waals surface area contributed by atoms with Gasteiger partial charge in [0.05, 0.1) is 5.70 Å². The Balaban J connectivity index is 1.77. The van der Waals surface area contributed by atoms with Gasteiger partial charge in [0.15, 0.2) is 12.2 Å². The summed E-state index contributed by atoms with van der Waals surface area (Å²) in [5.74, 6) is 0.512. The number of amides is 3. The van der Waals surface area contributed by atoms with Gasteiger partial charge in [-0.15, -0.1) is 0 Å². The number of hydrogen-bond acceptors (Lipinski definition) is 5. The number of fused-ring (bicyclic) bond motifs is 3. The standard InChI is InChI=1S/C17H19N5O2/c1-4-21-12(11-8-6-5-7-9-11)10-22-13-14(18-16(21)22)19(2)17(24)20(3)15(13)23/h5-10,13-14H,4H2,1-3H3. The zero-order chi connectivity index (χ0) is 17.0. The molecule has 0 N–H and O–H groups in total. The molecule has 7 nitrogen and oxygen atoms in total. The largest absolute Gasteiger partial charge is 0.328 e. The first kappa shape index (κ1) is 14.7. The molecule has 0 aliphatic carbocycles. The van der Waals surface area contributed by atoms with Crippen LogP contribution in [0.3, 0.4) is 0 Å². The third-order valence-electron chi connectivity index (χ3n) is 4.81. The first-order valence-electron chi connectivity index (χ1n) is 8.00. The molecular weight excluding hydrogens is 306 g/mol. The minimum absolute atomic E-state index is 0.219. The zero-order valence-corrected chi connectivity index (χ0v) is 13.9. The van der Waals surface area contributed by atoms with Crippen LogP contribution in [0.2, 0.25) is 0 Å². The molecule has 3 aliphatic rings. The quantitative estimate of drug-likeness (QED) is 0.820. The molecule has 1 saturated heterocycles. The van der Waals surface area contributed by atoms with Crippen LogP contribution in [0.5, 0.6) is 0 Å². The number of rotatable bonds is 2. The van der Waals surface area contributed by atoms with Crippen LogP contribution >= 0.6 is 0 Å². The highest BCUT2D eigenvalue weighted by Crippen LogP contribution is 2.36. The summed E-state index contributed by atoms with van der Waals surface area (Å²) >= 11 is 0. The molecule has 1 aromatic carbocycles. The van der Waals surface area contributed by atoms with Crippen molar-refractivity contribution in [3.8, 4) is 0 Å². The lowest BCUT2D eigenvalue weighted by molar-refractivity contribution is -0.135. The smallest absolute Gasteiger partial charge is 0.310 e. The Labute approximate surface area is 140 Å². The van der Waals surface area contributed by atoms with Crippen LogP contribution < -0.4 is 0 Å². The van der Waals surface area contributed by atoms with Crippen LogP contribution in [-0.2, 0) is 4.79 Å². The summed E-state index contributed by atoms with van der Waals surface area (Å²) in [6.07, 6.45) is 1.50. The first-order chi connectivity index (χ1) is 11.5. The van der Waals surface area contributed by atoms with E-state index in [1.54, 1.807) is 7.05 Å². The van der Waals surface area contributed by atoms with Gasteiger partial charge in [0.25, 0.3) is 5.91 Å². The molecule has 2 unspecified atom stereocenters. The second-order valence-corrected chi connectivity index (χ2v) is 6.11. The van der Waals surface area contributed by atoms with Crippen LogP contribution in [0.25, 0.3) is 5.70 Å². The van der Waals surface area contributed by atoms with E-state index in [-0.39, 0.29) is 11.9 Å². The van der Waals surface area contributed by atoms with Crippen LogP contribution in [0.1, 0.15) is 12.5 Å². The van der Waals surface area contributed by atoms with Crippen molar-refractivity contribution in [2.45, 2.75) is 19.1 Å². The summed E-state index contributed by atoms with van der Waals surface area (Å²) < 4.78 is 0. The van der Waals surface area contributed by atoms with Crippen LogP contribution in [0.4, 0.5) is 4.79 Å². The van der Waals surface area contributed by atoms with Crippen molar-refractivity contribution in [1.29, 1.82) is 0 Å². The van der Waals surface area contributed by atoms with E-state index < -0.39 is 12.2 Å². The summed E-state index contributed by atoms with van der Waals surface area (Å²) in [6.45, 7) is 2.78. The maximum absolute atomic E-state index is 12.7. The Bertz CT molecular complexity index is 772. The molecule has 1 fully saturated rings. The molecule has 7 heteroatoms. The minimum atomic E-state index is -0.497. The van der Waals surface area contributed by atoms with Crippen molar-refractivity contribution in [3.63, 3.8) is 0 Å². The molecule has 0 spiro atoms. The van der Waals surface area contributed by atoms with Gasteiger partial charge < -0.3 is 14.7 Å².